The van der Waals surface area contributed by atoms with E-state index in [9.17, 15) is 9.59 Å². The van der Waals surface area contributed by atoms with Crippen molar-refractivity contribution in [2.75, 3.05) is 81.3 Å². The van der Waals surface area contributed by atoms with E-state index in [2.05, 4.69) is 5.32 Å². The zero-order valence-electron chi connectivity index (χ0n) is 30.1. The summed E-state index contributed by atoms with van der Waals surface area (Å²) in [5, 5.41) is 3.06. The number of ether oxygens (including phenoxy) is 7. The van der Waals surface area contributed by atoms with Crippen molar-refractivity contribution in [2.45, 2.75) is 18.4 Å². The maximum Gasteiger partial charge on any atom is 0.410 e. The lowest BCUT2D eigenvalue weighted by molar-refractivity contribution is -0.146. The molecular weight excluding hydrogens is 658 g/mol. The van der Waals surface area contributed by atoms with Gasteiger partial charge in [-0.05, 0) is 61.5 Å². The van der Waals surface area contributed by atoms with Crippen molar-refractivity contribution in [3.8, 4) is 34.5 Å². The summed E-state index contributed by atoms with van der Waals surface area (Å²) in [5.41, 5.74) is -0.375. The molecule has 3 aromatic carbocycles. The Morgan fingerprint density at radius 2 is 1.43 bits per heavy atom. The van der Waals surface area contributed by atoms with Gasteiger partial charge >= 0.3 is 6.09 Å². The minimum absolute atomic E-state index is 0.0683. The number of benzene rings is 3. The Balaban J connectivity index is 1.68. The van der Waals surface area contributed by atoms with Crippen LogP contribution < -0.4 is 33.7 Å². The molecule has 0 saturated carbocycles. The summed E-state index contributed by atoms with van der Waals surface area (Å²) in [6.07, 6.45) is 1.09. The molecule has 0 unspecified atom stereocenters. The highest BCUT2D eigenvalue weighted by Gasteiger charge is 2.75. The van der Waals surface area contributed by atoms with Crippen molar-refractivity contribution in [1.29, 1.82) is 0 Å². The Kier molecular flexibility index (Phi) is 9.51. The zero-order valence-corrected chi connectivity index (χ0v) is 30.1. The van der Waals surface area contributed by atoms with Crippen molar-refractivity contribution >= 4 is 29.5 Å². The Labute approximate surface area is 296 Å². The van der Waals surface area contributed by atoms with E-state index in [4.69, 9.17) is 33.2 Å². The first-order valence-corrected chi connectivity index (χ1v) is 16.5. The minimum Gasteiger partial charge on any atom is -0.493 e. The monoisotopic (exact) mass is 701 g/mol. The van der Waals surface area contributed by atoms with Gasteiger partial charge in [0.15, 0.2) is 28.8 Å². The Hall–Kier alpha value is -5.43. The quantitative estimate of drug-likeness (QED) is 0.311. The summed E-state index contributed by atoms with van der Waals surface area (Å²) >= 11 is 0. The third-order valence-electron chi connectivity index (χ3n) is 10.3. The molecule has 2 saturated heterocycles. The van der Waals surface area contributed by atoms with E-state index in [-0.39, 0.29) is 43.5 Å². The number of likely N-dealkylation sites (tertiary alicyclic amines) is 2. The van der Waals surface area contributed by atoms with Crippen LogP contribution in [0.4, 0.5) is 10.5 Å². The minimum atomic E-state index is -1.58. The fourth-order valence-corrected chi connectivity index (χ4v) is 8.30. The van der Waals surface area contributed by atoms with Gasteiger partial charge in [-0.1, -0.05) is 18.2 Å². The lowest BCUT2D eigenvalue weighted by Gasteiger charge is -2.50. The second-order valence-corrected chi connectivity index (χ2v) is 12.6. The Bertz CT molecular complexity index is 1860. The highest BCUT2D eigenvalue weighted by Crippen LogP contribution is 2.65. The number of para-hydroxylation sites is 1. The van der Waals surface area contributed by atoms with Crippen molar-refractivity contribution < 1.29 is 47.5 Å². The van der Waals surface area contributed by atoms with Crippen molar-refractivity contribution in [3.05, 3.63) is 70.8 Å². The van der Waals surface area contributed by atoms with Gasteiger partial charge in [0, 0.05) is 35.8 Å². The molecule has 3 heterocycles. The average Bonchev–Trinajstić information content (AvgIpc) is 3.59. The number of hydrogen-bond donors (Lipinski definition) is 1. The molecule has 13 nitrogen and oxygen atoms in total. The molecule has 3 aliphatic rings. The molecule has 1 N–H and O–H groups in total. The average molecular weight is 702 g/mol. The fraction of sp³-hybridized carbons (Fsp3) is 0.395. The van der Waals surface area contributed by atoms with Crippen molar-refractivity contribution in [1.82, 2.24) is 9.80 Å². The van der Waals surface area contributed by atoms with Gasteiger partial charge in [0.1, 0.15) is 5.54 Å². The molecule has 3 atom stereocenters. The summed E-state index contributed by atoms with van der Waals surface area (Å²) in [6.45, 7) is 1.92. The van der Waals surface area contributed by atoms with Crippen LogP contribution in [-0.2, 0) is 19.9 Å². The number of ketones is 1. The SMILES string of the molecule is CCOC(=O)N1C/C(=C\c2cc(OC)c(OC)c(OC)c2)C(=O)[C@@]2(C1)[C@H](c1cc(OC)c(OC)c(OC)c1)CN(C)[C@]21C(=O)Nc2ccccc21. The van der Waals surface area contributed by atoms with Crippen LogP contribution in [0.15, 0.2) is 54.1 Å². The smallest absolute Gasteiger partial charge is 0.410 e. The van der Waals surface area contributed by atoms with E-state index in [1.165, 1.54) is 47.6 Å². The van der Waals surface area contributed by atoms with E-state index in [0.29, 0.717) is 56.9 Å². The topological polar surface area (TPSA) is 134 Å². The van der Waals surface area contributed by atoms with Gasteiger partial charge in [-0.25, -0.2) is 4.79 Å². The lowest BCUT2D eigenvalue weighted by atomic mass is 9.56. The first-order valence-electron chi connectivity index (χ1n) is 16.5. The summed E-state index contributed by atoms with van der Waals surface area (Å²) < 4.78 is 39.4. The number of amides is 2. The number of piperidine rings is 1. The molecule has 51 heavy (non-hydrogen) atoms. The molecule has 0 bridgehead atoms. The summed E-state index contributed by atoms with van der Waals surface area (Å²) in [7, 11) is 10.9. The van der Waals surface area contributed by atoms with Gasteiger partial charge in [-0.3, -0.25) is 14.5 Å². The zero-order chi connectivity index (χ0) is 36.7. The van der Waals surface area contributed by atoms with Crippen LogP contribution >= 0.6 is 0 Å². The van der Waals surface area contributed by atoms with E-state index >= 15 is 4.79 Å². The number of carbonyl (C=O) groups excluding carboxylic acids is 3. The molecule has 0 radical (unpaired) electrons. The molecule has 3 aromatic rings. The normalized spacial score (nSPS) is 23.3. The molecule has 13 heteroatoms. The number of nitrogens with zero attached hydrogens (tertiary/aromatic N) is 2. The number of carbonyl (C=O) groups is 3. The van der Waals surface area contributed by atoms with Crippen LogP contribution in [0.2, 0.25) is 0 Å². The second kappa shape index (κ2) is 13.7. The lowest BCUT2D eigenvalue weighted by Crippen LogP contribution is -2.66. The number of likely N-dealkylation sites (N-methyl/N-ethyl adjacent to an activating group) is 1. The third-order valence-corrected chi connectivity index (χ3v) is 10.3. The van der Waals surface area contributed by atoms with Gasteiger partial charge < -0.3 is 43.4 Å². The number of hydrogen-bond acceptors (Lipinski definition) is 11. The van der Waals surface area contributed by atoms with Crippen LogP contribution in [0.3, 0.4) is 0 Å². The van der Waals surface area contributed by atoms with Crippen LogP contribution in [0.1, 0.15) is 29.5 Å². The van der Waals surface area contributed by atoms with E-state index < -0.39 is 23.0 Å². The predicted octanol–water partition coefficient (Wildman–Crippen LogP) is 4.73. The van der Waals surface area contributed by atoms with Gasteiger partial charge in [0.25, 0.3) is 5.91 Å². The molecule has 0 aromatic heterocycles. The van der Waals surface area contributed by atoms with Crippen molar-refractivity contribution in [2.24, 2.45) is 5.41 Å². The van der Waals surface area contributed by atoms with Crippen molar-refractivity contribution in [3.63, 3.8) is 0 Å². The standard InChI is InChI=1S/C38H43N3O10/c1-9-51-36(44)41-19-24(14-22-15-28(45-3)32(49-7)29(16-22)46-4)34(42)37(21-41)26(23-17-30(47-5)33(50-8)31(18-23)48-6)20-40(2)38(37)25-12-10-11-13-27(25)39-35(38)43/h10-18,26H,9,19-21H2,1-8H3,(H,39,43)/b24-14+/t26-,37+,38+/m0/s1. The summed E-state index contributed by atoms with van der Waals surface area (Å²) in [4.78, 5) is 47.7. The highest BCUT2D eigenvalue weighted by molar-refractivity contribution is 6.16. The van der Waals surface area contributed by atoms with Crippen LogP contribution in [0, 0.1) is 5.41 Å². The number of Topliss-reactive ketones (excluding diaryl/α,β-unsaturated/α-hetero) is 1. The largest absolute Gasteiger partial charge is 0.493 e. The molecule has 3 aliphatic heterocycles. The summed E-state index contributed by atoms with van der Waals surface area (Å²) in [6, 6.07) is 14.4. The van der Waals surface area contributed by atoms with E-state index in [0.717, 1.165) is 0 Å². The first-order chi connectivity index (χ1) is 24.6. The van der Waals surface area contributed by atoms with Gasteiger partial charge in [0.05, 0.1) is 61.2 Å². The molecular formula is C38H43N3O10. The Morgan fingerprint density at radius 3 is 1.98 bits per heavy atom. The maximum atomic E-state index is 15.8. The third kappa shape index (κ3) is 5.21. The molecule has 2 spiro atoms. The molecule has 2 amide bonds. The predicted molar refractivity (Wildman–Crippen MR) is 188 cm³/mol. The van der Waals surface area contributed by atoms with Crippen LogP contribution in [-0.4, -0.2) is 104 Å². The molecule has 0 aliphatic carbocycles. The molecule has 6 rings (SSSR count). The number of nitrogens with one attached hydrogen (secondary N) is 1. The van der Waals surface area contributed by atoms with Gasteiger partial charge in [0.2, 0.25) is 11.5 Å². The van der Waals surface area contributed by atoms with E-state index in [1.807, 2.05) is 36.2 Å². The molecule has 2 fully saturated rings. The maximum absolute atomic E-state index is 15.8. The van der Waals surface area contributed by atoms with E-state index in [1.54, 1.807) is 37.3 Å². The van der Waals surface area contributed by atoms with Crippen LogP contribution in [0.5, 0.6) is 34.5 Å². The first kappa shape index (κ1) is 35.4. The fourth-order valence-electron chi connectivity index (χ4n) is 8.30. The number of rotatable bonds is 9. The van der Waals surface area contributed by atoms with Crippen LogP contribution in [0.25, 0.3) is 6.08 Å². The molecule has 270 valence electrons. The van der Waals surface area contributed by atoms with Gasteiger partial charge in [-0.2, -0.15) is 0 Å². The number of fused-ring (bicyclic) bond motifs is 3. The second-order valence-electron chi connectivity index (χ2n) is 12.6. The highest BCUT2D eigenvalue weighted by atomic mass is 16.6. The number of methoxy groups -OCH3 is 6. The summed E-state index contributed by atoms with van der Waals surface area (Å²) in [5.74, 6) is 0.996. The Morgan fingerprint density at radius 1 is 0.863 bits per heavy atom. The number of anilines is 1. The van der Waals surface area contributed by atoms with Gasteiger partial charge in [-0.15, -0.1) is 0 Å².